The fourth-order valence-electron chi connectivity index (χ4n) is 1.05. The predicted octanol–water partition coefficient (Wildman–Crippen LogP) is -0.778. The van der Waals surface area contributed by atoms with Crippen molar-refractivity contribution >= 4 is 17.7 Å². The Hall–Kier alpha value is -2.38. The first-order chi connectivity index (χ1) is 7.24. The van der Waals surface area contributed by atoms with Crippen molar-refractivity contribution in [3.63, 3.8) is 0 Å². The lowest BCUT2D eigenvalue weighted by Crippen LogP contribution is -2.19. The standard InChI is InChI=1S/C7H9N7O/c8-7-9-4-14(13-7)3-6(15)11-5-1-2-10-12-5/h1-2,4H,3H2,(H2,8,13)(H2,10,11,12,15). The van der Waals surface area contributed by atoms with E-state index in [1.54, 1.807) is 12.3 Å². The number of carbonyl (C=O) groups excluding carboxylic acids is 1. The summed E-state index contributed by atoms with van der Waals surface area (Å²) in [6.45, 7) is 0.0587. The van der Waals surface area contributed by atoms with E-state index in [9.17, 15) is 4.79 Å². The number of hydrogen-bond acceptors (Lipinski definition) is 5. The number of nitrogens with one attached hydrogen (secondary N) is 2. The molecule has 0 atom stereocenters. The molecule has 0 unspecified atom stereocenters. The van der Waals surface area contributed by atoms with E-state index in [4.69, 9.17) is 5.73 Å². The fourth-order valence-corrected chi connectivity index (χ4v) is 1.05. The number of anilines is 2. The monoisotopic (exact) mass is 207 g/mol. The number of H-pyrrole nitrogens is 1. The Bertz CT molecular complexity index is 446. The van der Waals surface area contributed by atoms with Crippen molar-refractivity contribution in [2.24, 2.45) is 0 Å². The molecule has 0 bridgehead atoms. The SMILES string of the molecule is Nc1ncn(CC(=O)Nc2ccn[nH]2)n1. The van der Waals surface area contributed by atoms with Crippen LogP contribution in [0.1, 0.15) is 0 Å². The number of carbonyl (C=O) groups is 1. The highest BCUT2D eigenvalue weighted by Gasteiger charge is 2.05. The highest BCUT2D eigenvalue weighted by atomic mass is 16.2. The fraction of sp³-hybridized carbons (Fsp3) is 0.143. The molecule has 0 radical (unpaired) electrons. The molecule has 2 rings (SSSR count). The van der Waals surface area contributed by atoms with E-state index >= 15 is 0 Å². The molecule has 0 saturated carbocycles. The van der Waals surface area contributed by atoms with Crippen molar-refractivity contribution in [1.29, 1.82) is 0 Å². The van der Waals surface area contributed by atoms with Crippen LogP contribution in [0.15, 0.2) is 18.6 Å². The number of nitrogen functional groups attached to an aromatic ring is 1. The first-order valence-electron chi connectivity index (χ1n) is 4.18. The molecule has 0 aliphatic rings. The summed E-state index contributed by atoms with van der Waals surface area (Å²) in [7, 11) is 0. The molecular formula is C7H9N7O. The Morgan fingerprint density at radius 1 is 1.67 bits per heavy atom. The summed E-state index contributed by atoms with van der Waals surface area (Å²) < 4.78 is 1.35. The van der Waals surface area contributed by atoms with Gasteiger partial charge in [-0.05, 0) is 0 Å². The Balaban J connectivity index is 1.93. The topological polar surface area (TPSA) is 115 Å². The maximum Gasteiger partial charge on any atom is 0.247 e. The average molecular weight is 207 g/mol. The second-order valence-electron chi connectivity index (χ2n) is 2.82. The van der Waals surface area contributed by atoms with Gasteiger partial charge in [-0.25, -0.2) is 9.67 Å². The van der Waals surface area contributed by atoms with Gasteiger partial charge < -0.3 is 11.1 Å². The zero-order valence-corrected chi connectivity index (χ0v) is 7.71. The molecule has 2 heterocycles. The highest BCUT2D eigenvalue weighted by Crippen LogP contribution is 1.98. The van der Waals surface area contributed by atoms with Crippen LogP contribution in [0.25, 0.3) is 0 Å². The van der Waals surface area contributed by atoms with Gasteiger partial charge in [0.25, 0.3) is 0 Å². The molecule has 78 valence electrons. The predicted molar refractivity (Wildman–Crippen MR) is 51.7 cm³/mol. The quantitative estimate of drug-likeness (QED) is 0.610. The van der Waals surface area contributed by atoms with Crippen molar-refractivity contribution in [2.45, 2.75) is 6.54 Å². The second-order valence-corrected chi connectivity index (χ2v) is 2.82. The van der Waals surface area contributed by atoms with Crippen molar-refractivity contribution in [2.75, 3.05) is 11.1 Å². The van der Waals surface area contributed by atoms with Crippen molar-refractivity contribution in [1.82, 2.24) is 25.0 Å². The van der Waals surface area contributed by atoms with Crippen LogP contribution in [0.4, 0.5) is 11.8 Å². The van der Waals surface area contributed by atoms with Gasteiger partial charge in [0.05, 0.1) is 6.20 Å². The molecule has 8 heteroatoms. The lowest BCUT2D eigenvalue weighted by molar-refractivity contribution is -0.116. The van der Waals surface area contributed by atoms with Crippen molar-refractivity contribution in [3.05, 3.63) is 18.6 Å². The van der Waals surface area contributed by atoms with E-state index in [1.165, 1.54) is 11.0 Å². The Kier molecular flexibility index (Phi) is 2.31. The van der Waals surface area contributed by atoms with Gasteiger partial charge in [0.15, 0.2) is 0 Å². The average Bonchev–Trinajstić information content (AvgIpc) is 2.77. The van der Waals surface area contributed by atoms with E-state index in [2.05, 4.69) is 25.6 Å². The summed E-state index contributed by atoms with van der Waals surface area (Å²) in [5, 5.41) is 12.7. The van der Waals surface area contributed by atoms with Crippen molar-refractivity contribution in [3.8, 4) is 0 Å². The largest absolute Gasteiger partial charge is 0.367 e. The maximum atomic E-state index is 11.4. The molecule has 0 spiro atoms. The number of nitrogens with zero attached hydrogens (tertiary/aromatic N) is 4. The molecule has 8 nitrogen and oxygen atoms in total. The van der Waals surface area contributed by atoms with Gasteiger partial charge in [0, 0.05) is 6.07 Å². The zero-order valence-electron chi connectivity index (χ0n) is 7.71. The van der Waals surface area contributed by atoms with Gasteiger partial charge in [0.2, 0.25) is 11.9 Å². The van der Waals surface area contributed by atoms with Crippen molar-refractivity contribution < 1.29 is 4.79 Å². The third-order valence-electron chi connectivity index (χ3n) is 1.63. The molecule has 0 aliphatic carbocycles. The minimum atomic E-state index is -0.232. The summed E-state index contributed by atoms with van der Waals surface area (Å²) in [5.74, 6) is 0.446. The van der Waals surface area contributed by atoms with Gasteiger partial charge in [-0.1, -0.05) is 0 Å². The minimum absolute atomic E-state index is 0.0587. The molecule has 4 N–H and O–H groups in total. The lowest BCUT2D eigenvalue weighted by atomic mass is 10.5. The Morgan fingerprint density at radius 2 is 2.53 bits per heavy atom. The maximum absolute atomic E-state index is 11.4. The van der Waals surface area contributed by atoms with Gasteiger partial charge >= 0.3 is 0 Å². The van der Waals surface area contributed by atoms with Crippen LogP contribution in [0.3, 0.4) is 0 Å². The summed E-state index contributed by atoms with van der Waals surface area (Å²) in [4.78, 5) is 15.1. The molecule has 2 aromatic heterocycles. The van der Waals surface area contributed by atoms with Crippen LogP contribution < -0.4 is 11.1 Å². The third kappa shape index (κ3) is 2.30. The summed E-state index contributed by atoms with van der Waals surface area (Å²) in [6.07, 6.45) is 2.94. The number of aromatic amines is 1. The van der Waals surface area contributed by atoms with E-state index in [0.29, 0.717) is 5.82 Å². The lowest BCUT2D eigenvalue weighted by Gasteiger charge is -2.01. The van der Waals surface area contributed by atoms with Gasteiger partial charge in [0.1, 0.15) is 18.7 Å². The number of hydrogen-bond donors (Lipinski definition) is 3. The van der Waals surface area contributed by atoms with Crippen LogP contribution in [-0.2, 0) is 11.3 Å². The summed E-state index contributed by atoms with van der Waals surface area (Å²) in [6, 6.07) is 1.65. The summed E-state index contributed by atoms with van der Waals surface area (Å²) >= 11 is 0. The third-order valence-corrected chi connectivity index (χ3v) is 1.63. The van der Waals surface area contributed by atoms with Crippen LogP contribution in [0.2, 0.25) is 0 Å². The second kappa shape index (κ2) is 3.78. The normalized spacial score (nSPS) is 10.1. The highest BCUT2D eigenvalue weighted by molar-refractivity contribution is 5.89. The van der Waals surface area contributed by atoms with E-state index < -0.39 is 0 Å². The molecular weight excluding hydrogens is 198 g/mol. The smallest absolute Gasteiger partial charge is 0.247 e. The first kappa shape index (κ1) is 9.19. The molecule has 1 amide bonds. The van der Waals surface area contributed by atoms with E-state index in [1.807, 2.05) is 0 Å². The van der Waals surface area contributed by atoms with Crippen LogP contribution >= 0.6 is 0 Å². The first-order valence-corrected chi connectivity index (χ1v) is 4.18. The Morgan fingerprint density at radius 3 is 3.13 bits per heavy atom. The van der Waals surface area contributed by atoms with Gasteiger partial charge in [-0.3, -0.25) is 9.89 Å². The number of aromatic nitrogens is 5. The minimum Gasteiger partial charge on any atom is -0.367 e. The molecule has 15 heavy (non-hydrogen) atoms. The van der Waals surface area contributed by atoms with Gasteiger partial charge in [-0.15, -0.1) is 5.10 Å². The summed E-state index contributed by atoms with van der Waals surface area (Å²) in [5.41, 5.74) is 5.30. The molecule has 0 fully saturated rings. The van der Waals surface area contributed by atoms with Crippen LogP contribution in [-0.4, -0.2) is 30.9 Å². The number of rotatable bonds is 3. The molecule has 0 saturated heterocycles. The van der Waals surface area contributed by atoms with Crippen LogP contribution in [0.5, 0.6) is 0 Å². The number of nitrogens with two attached hydrogens (primary N) is 1. The van der Waals surface area contributed by atoms with E-state index in [0.717, 1.165) is 0 Å². The molecule has 0 aliphatic heterocycles. The van der Waals surface area contributed by atoms with Gasteiger partial charge in [-0.2, -0.15) is 5.10 Å². The van der Waals surface area contributed by atoms with Crippen LogP contribution in [0, 0.1) is 0 Å². The molecule has 0 aromatic carbocycles. The zero-order chi connectivity index (χ0) is 10.7. The molecule has 2 aromatic rings. The Labute approximate surface area is 84.5 Å². The van der Waals surface area contributed by atoms with E-state index in [-0.39, 0.29) is 18.4 Å². The number of amides is 1.